The fraction of sp³-hybridized carbons (Fsp3) is 0.469. The van der Waals surface area contributed by atoms with E-state index >= 15 is 0 Å². The number of piperidine rings is 1. The number of ether oxygens (including phenoxy) is 1. The number of carbonyl (C=O) groups excluding carboxylic acids is 1. The van der Waals surface area contributed by atoms with Crippen LogP contribution < -0.4 is 15.4 Å². The molecule has 44 heavy (non-hydrogen) atoms. The summed E-state index contributed by atoms with van der Waals surface area (Å²) in [7, 11) is 0.289. The molecular weight excluding hydrogens is 600 g/mol. The van der Waals surface area contributed by atoms with Gasteiger partial charge in [0.25, 0.3) is 0 Å². The Labute approximate surface area is 265 Å². The van der Waals surface area contributed by atoms with Crippen molar-refractivity contribution in [3.05, 3.63) is 58.2 Å². The Balaban J connectivity index is 1.40. The first-order valence-corrected chi connectivity index (χ1v) is 16.9. The van der Waals surface area contributed by atoms with Crippen LogP contribution >= 0.6 is 11.6 Å². The van der Waals surface area contributed by atoms with Crippen LogP contribution in [0.5, 0.6) is 5.75 Å². The second-order valence-electron chi connectivity index (χ2n) is 12.2. The van der Waals surface area contributed by atoms with Crippen molar-refractivity contribution >= 4 is 50.5 Å². The van der Waals surface area contributed by atoms with Gasteiger partial charge in [-0.1, -0.05) is 23.7 Å². The van der Waals surface area contributed by atoms with Crippen LogP contribution in [0, 0.1) is 6.92 Å². The number of hydrogen-bond donors (Lipinski definition) is 2. The van der Waals surface area contributed by atoms with Crippen molar-refractivity contribution < 1.29 is 17.9 Å². The van der Waals surface area contributed by atoms with Crippen molar-refractivity contribution in [3.63, 3.8) is 0 Å². The third-order valence-corrected chi connectivity index (χ3v) is 10.7. The van der Waals surface area contributed by atoms with E-state index in [0.717, 1.165) is 49.4 Å². The lowest BCUT2D eigenvalue weighted by Gasteiger charge is -2.34. The zero-order chi connectivity index (χ0) is 31.8. The van der Waals surface area contributed by atoms with E-state index in [-0.39, 0.29) is 27.7 Å². The second kappa shape index (κ2) is 12.9. The number of nitrogens with zero attached hydrogens (tertiary/aromatic N) is 4. The molecule has 1 atom stereocenters. The Bertz CT molecular complexity index is 1650. The summed E-state index contributed by atoms with van der Waals surface area (Å²) in [6.07, 6.45) is 4.13. The molecule has 5 rings (SSSR count). The van der Waals surface area contributed by atoms with Crippen molar-refractivity contribution in [2.45, 2.75) is 69.1 Å². The van der Waals surface area contributed by atoms with Gasteiger partial charge in [0.2, 0.25) is 11.9 Å². The molecule has 3 heterocycles. The highest BCUT2D eigenvalue weighted by molar-refractivity contribution is 7.92. The third-order valence-electron chi connectivity index (χ3n) is 8.21. The summed E-state index contributed by atoms with van der Waals surface area (Å²) >= 11 is 6.46. The maximum Gasteiger partial charge on any atom is 0.236 e. The van der Waals surface area contributed by atoms with Gasteiger partial charge in [0, 0.05) is 25.1 Å². The summed E-state index contributed by atoms with van der Waals surface area (Å²) in [6.45, 7) is 9.41. The Morgan fingerprint density at radius 3 is 2.55 bits per heavy atom. The number of halogens is 1. The summed E-state index contributed by atoms with van der Waals surface area (Å²) in [4.78, 5) is 25.7. The molecule has 3 aromatic rings. The second-order valence-corrected chi connectivity index (χ2v) is 15.1. The van der Waals surface area contributed by atoms with Crippen LogP contribution in [0.3, 0.4) is 0 Å². The number of para-hydroxylation sites is 1. The maximum absolute atomic E-state index is 13.0. The molecule has 0 radical (unpaired) electrons. The smallest absolute Gasteiger partial charge is 0.236 e. The number of aryl methyl sites for hydroxylation is 1. The number of likely N-dealkylation sites (N-methyl/N-ethyl adjacent to an activating group) is 1. The molecule has 2 aliphatic heterocycles. The van der Waals surface area contributed by atoms with Crippen LogP contribution in [0.4, 0.5) is 23.1 Å². The van der Waals surface area contributed by atoms with E-state index in [4.69, 9.17) is 16.3 Å². The molecule has 2 N–H and O–H groups in total. The summed E-state index contributed by atoms with van der Waals surface area (Å²) in [6, 6.07) is 8.78. The Morgan fingerprint density at radius 2 is 1.86 bits per heavy atom. The summed E-state index contributed by atoms with van der Waals surface area (Å²) < 4.78 is 32.3. The predicted molar refractivity (Wildman–Crippen MR) is 174 cm³/mol. The number of anilines is 4. The minimum absolute atomic E-state index is 0.0237. The molecule has 10 nitrogen and oxygen atoms in total. The number of amides is 1. The van der Waals surface area contributed by atoms with Gasteiger partial charge in [0.15, 0.2) is 15.7 Å². The quantitative estimate of drug-likeness (QED) is 0.304. The monoisotopic (exact) mass is 640 g/mol. The van der Waals surface area contributed by atoms with Crippen LogP contribution in [0.1, 0.15) is 56.2 Å². The van der Waals surface area contributed by atoms with E-state index in [2.05, 4.69) is 40.5 Å². The van der Waals surface area contributed by atoms with Crippen molar-refractivity contribution in [3.8, 4) is 5.75 Å². The minimum Gasteiger partial charge on any atom is -0.488 e. The fourth-order valence-electron chi connectivity index (χ4n) is 6.03. The van der Waals surface area contributed by atoms with Gasteiger partial charge >= 0.3 is 0 Å². The van der Waals surface area contributed by atoms with Gasteiger partial charge in [-0.25, -0.2) is 13.4 Å². The Kier molecular flexibility index (Phi) is 9.38. The molecule has 0 unspecified atom stereocenters. The van der Waals surface area contributed by atoms with Gasteiger partial charge in [0.05, 0.1) is 34.3 Å². The van der Waals surface area contributed by atoms with E-state index in [1.54, 1.807) is 38.1 Å². The molecule has 2 aliphatic rings. The topological polar surface area (TPSA) is 117 Å². The third kappa shape index (κ3) is 6.64. The van der Waals surface area contributed by atoms with E-state index in [9.17, 15) is 13.2 Å². The highest BCUT2D eigenvalue weighted by Crippen LogP contribution is 2.46. The maximum atomic E-state index is 13.0. The molecule has 0 bridgehead atoms. The number of hydrogen-bond acceptors (Lipinski definition) is 9. The van der Waals surface area contributed by atoms with Gasteiger partial charge < -0.3 is 25.2 Å². The minimum atomic E-state index is -3.54. The summed E-state index contributed by atoms with van der Waals surface area (Å²) in [5, 5.41) is 6.11. The zero-order valence-electron chi connectivity index (χ0n) is 26.1. The first-order chi connectivity index (χ1) is 20.8. The molecule has 1 aromatic heterocycles. The van der Waals surface area contributed by atoms with Gasteiger partial charge in [0.1, 0.15) is 16.9 Å². The van der Waals surface area contributed by atoms with Gasteiger partial charge in [-0.05, 0) is 89.9 Å². The summed E-state index contributed by atoms with van der Waals surface area (Å²) in [5.41, 5.74) is 4.82. The van der Waals surface area contributed by atoms with Crippen LogP contribution in [0.15, 0.2) is 41.4 Å². The molecule has 236 valence electrons. The molecule has 0 spiro atoms. The SMILES string of the molecule is Cc1cc(Nc2ncc(Cl)c(Nc3ccccc3S(=O)(=O)C(C)C)n2)c2c(c1C1CCN(C(=O)CN(C)C)CC1)C[C@H](C)O2. The van der Waals surface area contributed by atoms with Crippen LogP contribution in [0.2, 0.25) is 5.02 Å². The van der Waals surface area contributed by atoms with E-state index < -0.39 is 15.1 Å². The van der Waals surface area contributed by atoms with E-state index in [0.29, 0.717) is 24.1 Å². The molecule has 2 aromatic carbocycles. The van der Waals surface area contributed by atoms with E-state index in [1.165, 1.54) is 17.3 Å². The number of fused-ring (bicyclic) bond motifs is 1. The number of aromatic nitrogens is 2. The van der Waals surface area contributed by atoms with Crippen LogP contribution in [-0.4, -0.2) is 79.2 Å². The van der Waals surface area contributed by atoms with Crippen LogP contribution in [0.25, 0.3) is 0 Å². The predicted octanol–water partition coefficient (Wildman–Crippen LogP) is 5.70. The lowest BCUT2D eigenvalue weighted by Crippen LogP contribution is -2.42. The van der Waals surface area contributed by atoms with Crippen molar-refractivity contribution in [1.82, 2.24) is 19.8 Å². The summed E-state index contributed by atoms with van der Waals surface area (Å²) in [5.74, 6) is 1.90. The molecular formula is C32H41ClN6O4S. The van der Waals surface area contributed by atoms with Crippen molar-refractivity contribution in [2.24, 2.45) is 0 Å². The average molecular weight is 641 g/mol. The van der Waals surface area contributed by atoms with Crippen LogP contribution in [-0.2, 0) is 21.1 Å². The number of benzene rings is 2. The highest BCUT2D eigenvalue weighted by Gasteiger charge is 2.33. The Morgan fingerprint density at radius 1 is 1.16 bits per heavy atom. The highest BCUT2D eigenvalue weighted by atomic mass is 35.5. The first-order valence-electron chi connectivity index (χ1n) is 15.0. The number of likely N-dealkylation sites (tertiary alicyclic amines) is 1. The molecule has 12 heteroatoms. The molecule has 0 aliphatic carbocycles. The normalized spacial score (nSPS) is 17.1. The largest absolute Gasteiger partial charge is 0.488 e. The van der Waals surface area contributed by atoms with Crippen molar-refractivity contribution in [2.75, 3.05) is 44.4 Å². The van der Waals surface area contributed by atoms with Gasteiger partial charge in [-0.15, -0.1) is 0 Å². The lowest BCUT2D eigenvalue weighted by atomic mass is 9.82. The lowest BCUT2D eigenvalue weighted by molar-refractivity contribution is -0.132. The number of sulfone groups is 1. The molecule has 1 amide bonds. The average Bonchev–Trinajstić information content (AvgIpc) is 3.36. The molecule has 1 saturated heterocycles. The zero-order valence-corrected chi connectivity index (χ0v) is 27.7. The van der Waals surface area contributed by atoms with E-state index in [1.807, 2.05) is 23.9 Å². The fourth-order valence-corrected chi connectivity index (χ4v) is 7.37. The standard InChI is InChI=1S/C32H41ClN6O4S/c1-19(2)44(41,42)27-10-8-7-9-25(27)35-31-24(33)17-34-32(37-31)36-26-15-20(3)29(23-16-21(4)43-30(23)26)22-11-13-39(14-12-22)28(40)18-38(5)6/h7-10,15,17,19,21-22H,11-14,16,18H2,1-6H3,(H2,34,35,36,37)/t21-/m0/s1. The van der Waals surface area contributed by atoms with Gasteiger partial charge in [-0.2, -0.15) is 4.98 Å². The number of rotatable bonds is 9. The first kappa shape index (κ1) is 32.0. The molecule has 1 fully saturated rings. The Hall–Kier alpha value is -3.41. The molecule has 0 saturated carbocycles. The number of nitrogens with one attached hydrogen (secondary N) is 2. The number of carbonyl (C=O) groups is 1. The van der Waals surface area contributed by atoms with Crippen molar-refractivity contribution in [1.29, 1.82) is 0 Å². The van der Waals surface area contributed by atoms with Gasteiger partial charge in [-0.3, -0.25) is 4.79 Å².